The van der Waals surface area contributed by atoms with Gasteiger partial charge in [-0.25, -0.2) is 4.98 Å². The number of nitrogens with two attached hydrogens (primary N) is 1. The predicted octanol–water partition coefficient (Wildman–Crippen LogP) is 4.17. The first-order valence-corrected chi connectivity index (χ1v) is 8.32. The van der Waals surface area contributed by atoms with Crippen molar-refractivity contribution in [3.8, 4) is 0 Å². The Kier molecular flexibility index (Phi) is 6.87. The van der Waals surface area contributed by atoms with Crippen LogP contribution in [0.25, 0.3) is 0 Å². The fourth-order valence-corrected chi connectivity index (χ4v) is 3.30. The van der Waals surface area contributed by atoms with E-state index in [2.05, 4.69) is 31.1 Å². The van der Waals surface area contributed by atoms with Crippen molar-refractivity contribution >= 4 is 47.1 Å². The van der Waals surface area contributed by atoms with Gasteiger partial charge in [-0.2, -0.15) is 0 Å². The van der Waals surface area contributed by atoms with Crippen LogP contribution in [0.15, 0.2) is 34.5 Å². The Hall–Kier alpha value is -1.08. The third kappa shape index (κ3) is 5.61. The highest BCUT2D eigenvalue weighted by Gasteiger charge is 2.13. The van der Waals surface area contributed by atoms with Crippen LogP contribution in [-0.4, -0.2) is 15.6 Å². The number of carbonyl (C=O) groups excluding carboxylic acids is 1. The standard InChI is InChI=1S/C15H19N3OS2.ClH/c1-15(2,3)21-11-6-4-10(5-7-11)17-14(19)12-9-20-13(8-16)18-12;/h4-7,9H,8,16H2,1-3H3,(H,17,19);1H. The Morgan fingerprint density at radius 2 is 1.95 bits per heavy atom. The lowest BCUT2D eigenvalue weighted by Gasteiger charge is -2.17. The average molecular weight is 358 g/mol. The van der Waals surface area contributed by atoms with E-state index >= 15 is 0 Å². The maximum Gasteiger partial charge on any atom is 0.275 e. The van der Waals surface area contributed by atoms with E-state index in [1.165, 1.54) is 16.2 Å². The second-order valence-electron chi connectivity index (χ2n) is 5.52. The van der Waals surface area contributed by atoms with Gasteiger partial charge in [0.15, 0.2) is 0 Å². The minimum Gasteiger partial charge on any atom is -0.325 e. The molecule has 0 bridgehead atoms. The number of thioether (sulfide) groups is 1. The average Bonchev–Trinajstić information content (AvgIpc) is 2.88. The van der Waals surface area contributed by atoms with Crippen molar-refractivity contribution in [3.63, 3.8) is 0 Å². The molecule has 1 aromatic heterocycles. The lowest BCUT2D eigenvalue weighted by molar-refractivity contribution is 0.102. The monoisotopic (exact) mass is 357 g/mol. The molecule has 0 atom stereocenters. The maximum atomic E-state index is 12.0. The largest absolute Gasteiger partial charge is 0.325 e. The van der Waals surface area contributed by atoms with Crippen molar-refractivity contribution in [2.24, 2.45) is 5.73 Å². The Labute approximate surface area is 145 Å². The summed E-state index contributed by atoms with van der Waals surface area (Å²) in [6.07, 6.45) is 0. The molecule has 2 aromatic rings. The van der Waals surface area contributed by atoms with Crippen LogP contribution in [0.4, 0.5) is 5.69 Å². The van der Waals surface area contributed by atoms with Crippen LogP contribution in [0.2, 0.25) is 0 Å². The van der Waals surface area contributed by atoms with Crippen molar-refractivity contribution in [2.45, 2.75) is 37.0 Å². The summed E-state index contributed by atoms with van der Waals surface area (Å²) in [4.78, 5) is 17.4. The molecule has 0 saturated carbocycles. The lowest BCUT2D eigenvalue weighted by atomic mass is 10.3. The first-order valence-electron chi connectivity index (χ1n) is 6.62. The molecular formula is C15H20ClN3OS2. The van der Waals surface area contributed by atoms with Crippen LogP contribution >= 0.6 is 35.5 Å². The summed E-state index contributed by atoms with van der Waals surface area (Å²) in [5.74, 6) is -0.206. The van der Waals surface area contributed by atoms with Gasteiger partial charge in [0.25, 0.3) is 5.91 Å². The predicted molar refractivity (Wildman–Crippen MR) is 97.3 cm³/mol. The number of nitrogens with one attached hydrogen (secondary N) is 1. The van der Waals surface area contributed by atoms with E-state index in [-0.39, 0.29) is 23.1 Å². The fourth-order valence-electron chi connectivity index (χ4n) is 1.66. The Morgan fingerprint density at radius 3 is 2.45 bits per heavy atom. The third-order valence-electron chi connectivity index (χ3n) is 2.50. The van der Waals surface area contributed by atoms with Crippen LogP contribution in [0, 0.1) is 0 Å². The number of aromatic nitrogens is 1. The van der Waals surface area contributed by atoms with E-state index in [9.17, 15) is 4.79 Å². The van der Waals surface area contributed by atoms with Gasteiger partial charge in [-0.05, 0) is 24.3 Å². The lowest BCUT2D eigenvalue weighted by Crippen LogP contribution is -2.12. The number of rotatable bonds is 4. The van der Waals surface area contributed by atoms with Gasteiger partial charge in [0, 0.05) is 27.3 Å². The zero-order valence-electron chi connectivity index (χ0n) is 12.8. The summed E-state index contributed by atoms with van der Waals surface area (Å²) in [6.45, 7) is 6.87. The van der Waals surface area contributed by atoms with Gasteiger partial charge >= 0.3 is 0 Å². The molecule has 3 N–H and O–H groups in total. The van der Waals surface area contributed by atoms with Gasteiger partial charge < -0.3 is 11.1 Å². The van der Waals surface area contributed by atoms with E-state index in [1.54, 1.807) is 17.1 Å². The molecule has 1 heterocycles. The van der Waals surface area contributed by atoms with Gasteiger partial charge in [0.05, 0.1) is 0 Å². The quantitative estimate of drug-likeness (QED) is 0.806. The Bertz CT molecular complexity index is 620. The van der Waals surface area contributed by atoms with Gasteiger partial charge in [-0.15, -0.1) is 35.5 Å². The van der Waals surface area contributed by atoms with Crippen LogP contribution < -0.4 is 11.1 Å². The summed E-state index contributed by atoms with van der Waals surface area (Å²) in [7, 11) is 0. The first kappa shape index (κ1) is 19.0. The number of nitrogens with zero attached hydrogens (tertiary/aromatic N) is 1. The van der Waals surface area contributed by atoms with E-state index in [1.807, 2.05) is 24.3 Å². The smallest absolute Gasteiger partial charge is 0.275 e. The molecular weight excluding hydrogens is 338 g/mol. The molecule has 0 saturated heterocycles. The minimum atomic E-state index is -0.206. The van der Waals surface area contributed by atoms with Crippen molar-refractivity contribution in [2.75, 3.05) is 5.32 Å². The van der Waals surface area contributed by atoms with Crippen LogP contribution in [0.3, 0.4) is 0 Å². The number of hydrogen-bond donors (Lipinski definition) is 2. The summed E-state index contributed by atoms with van der Waals surface area (Å²) >= 11 is 3.19. The molecule has 0 radical (unpaired) electrons. The zero-order valence-corrected chi connectivity index (χ0v) is 15.2. The fraction of sp³-hybridized carbons (Fsp3) is 0.333. The topological polar surface area (TPSA) is 68.0 Å². The molecule has 0 aliphatic heterocycles. The van der Waals surface area contributed by atoms with Gasteiger partial charge in [-0.1, -0.05) is 20.8 Å². The minimum absolute atomic E-state index is 0. The summed E-state index contributed by atoms with van der Waals surface area (Å²) in [5.41, 5.74) is 6.67. The first-order chi connectivity index (χ1) is 9.87. The highest BCUT2D eigenvalue weighted by molar-refractivity contribution is 8.00. The Balaban J connectivity index is 0.00000242. The van der Waals surface area contributed by atoms with Crippen LogP contribution in [0.1, 0.15) is 36.3 Å². The summed E-state index contributed by atoms with van der Waals surface area (Å²) < 4.78 is 0.171. The molecule has 0 aliphatic rings. The summed E-state index contributed by atoms with van der Waals surface area (Å²) in [6, 6.07) is 7.83. The van der Waals surface area contributed by atoms with Crippen LogP contribution in [0.5, 0.6) is 0 Å². The molecule has 0 unspecified atom stereocenters. The molecule has 22 heavy (non-hydrogen) atoms. The van der Waals surface area contributed by atoms with Crippen molar-refractivity contribution in [3.05, 3.63) is 40.3 Å². The number of amides is 1. The molecule has 0 aliphatic carbocycles. The van der Waals surface area contributed by atoms with E-state index in [4.69, 9.17) is 5.73 Å². The van der Waals surface area contributed by atoms with E-state index < -0.39 is 0 Å². The van der Waals surface area contributed by atoms with E-state index in [0.717, 1.165) is 10.7 Å². The second kappa shape index (κ2) is 7.97. The number of thiazole rings is 1. The van der Waals surface area contributed by atoms with Crippen molar-refractivity contribution in [1.82, 2.24) is 4.98 Å². The number of halogens is 1. The highest BCUT2D eigenvalue weighted by atomic mass is 35.5. The summed E-state index contributed by atoms with van der Waals surface area (Å²) in [5, 5.41) is 5.33. The SMILES string of the molecule is CC(C)(C)Sc1ccc(NC(=O)c2csc(CN)n2)cc1.Cl. The number of hydrogen-bond acceptors (Lipinski definition) is 5. The number of anilines is 1. The Morgan fingerprint density at radius 1 is 1.32 bits per heavy atom. The number of carbonyl (C=O) groups is 1. The second-order valence-corrected chi connectivity index (χ2v) is 8.37. The molecule has 4 nitrogen and oxygen atoms in total. The maximum absolute atomic E-state index is 12.0. The molecule has 120 valence electrons. The number of benzene rings is 1. The van der Waals surface area contributed by atoms with Gasteiger partial charge in [0.1, 0.15) is 10.7 Å². The molecule has 2 rings (SSSR count). The third-order valence-corrected chi connectivity index (χ3v) is 4.49. The van der Waals surface area contributed by atoms with Gasteiger partial charge in [0.2, 0.25) is 0 Å². The molecule has 7 heteroatoms. The normalized spacial score (nSPS) is 10.9. The van der Waals surface area contributed by atoms with Crippen molar-refractivity contribution in [1.29, 1.82) is 0 Å². The molecule has 0 fully saturated rings. The van der Waals surface area contributed by atoms with Gasteiger partial charge in [-0.3, -0.25) is 4.79 Å². The molecule has 0 spiro atoms. The highest BCUT2D eigenvalue weighted by Crippen LogP contribution is 2.32. The van der Waals surface area contributed by atoms with Crippen molar-refractivity contribution < 1.29 is 4.79 Å². The molecule has 1 aromatic carbocycles. The molecule has 1 amide bonds. The van der Waals surface area contributed by atoms with E-state index in [0.29, 0.717) is 12.2 Å². The van der Waals surface area contributed by atoms with Crippen LogP contribution in [-0.2, 0) is 6.54 Å². The zero-order chi connectivity index (χ0) is 15.5.